The summed E-state index contributed by atoms with van der Waals surface area (Å²) in [6, 6.07) is 8.76. The third-order valence-electron chi connectivity index (χ3n) is 5.66. The molecule has 2 N–H and O–H groups in total. The lowest BCUT2D eigenvalue weighted by Gasteiger charge is -2.43. The lowest BCUT2D eigenvalue weighted by molar-refractivity contribution is -0.147. The zero-order valence-corrected chi connectivity index (χ0v) is 16.4. The monoisotopic (exact) mass is 433 g/mol. The van der Waals surface area contributed by atoms with E-state index in [2.05, 4.69) is 0 Å². The van der Waals surface area contributed by atoms with Crippen LogP contribution in [0.3, 0.4) is 0 Å². The molecule has 2 aromatic carbocycles. The molecule has 0 amide bonds. The van der Waals surface area contributed by atoms with E-state index < -0.39 is 54.0 Å². The predicted molar refractivity (Wildman–Crippen MR) is 103 cm³/mol. The topological polar surface area (TPSA) is 96.3 Å². The molecule has 31 heavy (non-hydrogen) atoms. The molecule has 0 bridgehead atoms. The molecule has 0 saturated carbocycles. The highest BCUT2D eigenvalue weighted by Gasteiger charge is 2.51. The summed E-state index contributed by atoms with van der Waals surface area (Å²) in [5.74, 6) is -2.62. The van der Waals surface area contributed by atoms with Crippen molar-refractivity contribution in [3.05, 3.63) is 71.3 Å². The number of aliphatic hydroxyl groups excluding tert-OH is 2. The molecule has 4 rings (SSSR count). The van der Waals surface area contributed by atoms with Crippen molar-refractivity contribution in [2.45, 2.75) is 36.9 Å². The number of carbonyl (C=O) groups excluding carboxylic acids is 2. The average Bonchev–Trinajstić information content (AvgIpc) is 3.12. The van der Waals surface area contributed by atoms with Gasteiger partial charge in [-0.15, -0.1) is 0 Å². The van der Waals surface area contributed by atoms with E-state index in [4.69, 9.17) is 9.47 Å². The van der Waals surface area contributed by atoms with Crippen molar-refractivity contribution in [1.29, 1.82) is 0 Å². The van der Waals surface area contributed by atoms with Gasteiger partial charge in [-0.05, 0) is 55.0 Å². The molecule has 2 saturated heterocycles. The predicted octanol–water partition coefficient (Wildman–Crippen LogP) is 1.53. The summed E-state index contributed by atoms with van der Waals surface area (Å²) in [5.41, 5.74) is 0.162. The fraction of sp³-hybridized carbons (Fsp3) is 0.364. The van der Waals surface area contributed by atoms with Crippen LogP contribution in [-0.4, -0.2) is 70.6 Å². The van der Waals surface area contributed by atoms with Crippen LogP contribution in [-0.2, 0) is 9.47 Å². The van der Waals surface area contributed by atoms with E-state index in [9.17, 15) is 28.6 Å². The van der Waals surface area contributed by atoms with Gasteiger partial charge in [0, 0.05) is 13.1 Å². The first-order valence-electron chi connectivity index (χ1n) is 9.87. The van der Waals surface area contributed by atoms with E-state index in [1.165, 1.54) is 24.3 Å². The smallest absolute Gasteiger partial charge is 0.338 e. The van der Waals surface area contributed by atoms with Crippen LogP contribution in [0.2, 0.25) is 0 Å². The number of halogens is 2. The second-order valence-corrected chi connectivity index (χ2v) is 7.66. The molecular weight excluding hydrogens is 412 g/mol. The van der Waals surface area contributed by atoms with Crippen molar-refractivity contribution in [3.8, 4) is 0 Å². The number of aliphatic hydroxyl groups is 2. The molecule has 2 aliphatic heterocycles. The van der Waals surface area contributed by atoms with Crippen LogP contribution in [0, 0.1) is 11.6 Å². The van der Waals surface area contributed by atoms with Crippen LogP contribution in [0.25, 0.3) is 0 Å². The lowest BCUT2D eigenvalue weighted by Crippen LogP contribution is -2.63. The van der Waals surface area contributed by atoms with Crippen molar-refractivity contribution in [3.63, 3.8) is 0 Å². The Hall–Kier alpha value is -2.88. The van der Waals surface area contributed by atoms with E-state index in [0.717, 1.165) is 24.3 Å². The van der Waals surface area contributed by atoms with Gasteiger partial charge in [-0.1, -0.05) is 0 Å². The SMILES string of the molecule is O=C(O[C@H]1[C@H](O)[C@H]2[C@@H](O)CCN2C[C@@H]1OC(=O)c1ccc(F)cc1)c1ccc(F)cc1. The molecule has 0 aliphatic carbocycles. The number of ether oxygens (including phenoxy) is 2. The number of carbonyl (C=O) groups is 2. The second kappa shape index (κ2) is 8.70. The van der Waals surface area contributed by atoms with Crippen LogP contribution < -0.4 is 0 Å². The van der Waals surface area contributed by atoms with E-state index in [1.807, 2.05) is 0 Å². The average molecular weight is 433 g/mol. The van der Waals surface area contributed by atoms with Crippen LogP contribution in [0.5, 0.6) is 0 Å². The molecule has 0 radical (unpaired) electrons. The standard InChI is InChI=1S/C22H21F2NO6/c23-14-5-1-12(2-6-14)21(28)30-17-11-25-10-9-16(26)18(25)19(27)20(17)31-22(29)13-3-7-15(24)8-4-13/h1-8,16-20,26-27H,9-11H2/t16-,17-,18+,19+,20+/m0/s1. The first-order valence-corrected chi connectivity index (χ1v) is 9.87. The quantitative estimate of drug-likeness (QED) is 0.706. The summed E-state index contributed by atoms with van der Waals surface area (Å²) in [7, 11) is 0. The highest BCUT2D eigenvalue weighted by atomic mass is 19.1. The van der Waals surface area contributed by atoms with Gasteiger partial charge in [-0.2, -0.15) is 0 Å². The number of rotatable bonds is 4. The van der Waals surface area contributed by atoms with Gasteiger partial charge in [0.25, 0.3) is 0 Å². The molecule has 2 aliphatic rings. The molecule has 2 fully saturated rings. The summed E-state index contributed by atoms with van der Waals surface area (Å²) in [5, 5.41) is 21.1. The summed E-state index contributed by atoms with van der Waals surface area (Å²) in [4.78, 5) is 26.9. The minimum Gasteiger partial charge on any atom is -0.453 e. The van der Waals surface area contributed by atoms with E-state index in [-0.39, 0.29) is 17.7 Å². The van der Waals surface area contributed by atoms with Crippen molar-refractivity contribution in [2.24, 2.45) is 0 Å². The third kappa shape index (κ3) is 4.43. The molecule has 164 valence electrons. The maximum atomic E-state index is 13.1. The van der Waals surface area contributed by atoms with E-state index in [1.54, 1.807) is 4.90 Å². The van der Waals surface area contributed by atoms with Gasteiger partial charge in [0.2, 0.25) is 0 Å². The maximum Gasteiger partial charge on any atom is 0.338 e. The zero-order valence-electron chi connectivity index (χ0n) is 16.4. The Morgan fingerprint density at radius 3 is 1.94 bits per heavy atom. The Labute approximate surface area is 176 Å². The fourth-order valence-corrected chi connectivity index (χ4v) is 4.09. The lowest BCUT2D eigenvalue weighted by atomic mass is 9.92. The number of hydrogen-bond acceptors (Lipinski definition) is 7. The maximum absolute atomic E-state index is 13.1. The molecule has 0 aromatic heterocycles. The number of benzene rings is 2. The highest BCUT2D eigenvalue weighted by Crippen LogP contribution is 2.32. The molecule has 9 heteroatoms. The van der Waals surface area contributed by atoms with E-state index in [0.29, 0.717) is 13.0 Å². The normalized spacial score (nSPS) is 28.1. The third-order valence-corrected chi connectivity index (χ3v) is 5.66. The van der Waals surface area contributed by atoms with Crippen molar-refractivity contribution < 1.29 is 38.1 Å². The number of fused-ring (bicyclic) bond motifs is 1. The Balaban J connectivity index is 1.56. The van der Waals surface area contributed by atoms with Crippen LogP contribution in [0.1, 0.15) is 27.1 Å². The molecule has 5 atom stereocenters. The van der Waals surface area contributed by atoms with Crippen molar-refractivity contribution in [1.82, 2.24) is 4.90 Å². The number of esters is 2. The fourth-order valence-electron chi connectivity index (χ4n) is 4.09. The Bertz CT molecular complexity index is 951. The first-order chi connectivity index (χ1) is 14.8. The Morgan fingerprint density at radius 2 is 1.39 bits per heavy atom. The van der Waals surface area contributed by atoms with Crippen molar-refractivity contribution >= 4 is 11.9 Å². The van der Waals surface area contributed by atoms with Gasteiger partial charge in [-0.3, -0.25) is 4.90 Å². The van der Waals surface area contributed by atoms with Crippen LogP contribution in [0.4, 0.5) is 8.78 Å². The van der Waals surface area contributed by atoms with Gasteiger partial charge in [0.15, 0.2) is 12.2 Å². The summed E-state index contributed by atoms with van der Waals surface area (Å²) >= 11 is 0. The van der Waals surface area contributed by atoms with Gasteiger partial charge >= 0.3 is 11.9 Å². The molecule has 2 aromatic rings. The van der Waals surface area contributed by atoms with Gasteiger partial charge in [-0.25, -0.2) is 18.4 Å². The molecule has 7 nitrogen and oxygen atoms in total. The van der Waals surface area contributed by atoms with Crippen LogP contribution in [0.15, 0.2) is 48.5 Å². The molecule has 0 spiro atoms. The summed E-state index contributed by atoms with van der Waals surface area (Å²) in [6.07, 6.45) is -4.01. The number of nitrogens with zero attached hydrogens (tertiary/aromatic N) is 1. The van der Waals surface area contributed by atoms with Gasteiger partial charge < -0.3 is 19.7 Å². The number of piperidine rings is 1. The van der Waals surface area contributed by atoms with Crippen LogP contribution >= 0.6 is 0 Å². The summed E-state index contributed by atoms with van der Waals surface area (Å²) in [6.45, 7) is 0.610. The molecule has 0 unspecified atom stereocenters. The highest BCUT2D eigenvalue weighted by molar-refractivity contribution is 5.90. The van der Waals surface area contributed by atoms with Gasteiger partial charge in [0.05, 0.1) is 23.3 Å². The van der Waals surface area contributed by atoms with Crippen molar-refractivity contribution in [2.75, 3.05) is 13.1 Å². The minimum absolute atomic E-state index is 0.0617. The Morgan fingerprint density at radius 1 is 0.871 bits per heavy atom. The molecule has 2 heterocycles. The first kappa shape index (κ1) is 21.4. The van der Waals surface area contributed by atoms with Gasteiger partial charge in [0.1, 0.15) is 17.7 Å². The number of hydrogen-bond donors (Lipinski definition) is 2. The Kier molecular flexibility index (Phi) is 5.99. The second-order valence-electron chi connectivity index (χ2n) is 7.66. The minimum atomic E-state index is -1.32. The molecular formula is C22H21F2NO6. The van der Waals surface area contributed by atoms with E-state index >= 15 is 0 Å². The zero-order chi connectivity index (χ0) is 22.1. The summed E-state index contributed by atoms with van der Waals surface area (Å²) < 4.78 is 37.3. The largest absolute Gasteiger partial charge is 0.453 e.